The van der Waals surface area contributed by atoms with E-state index in [2.05, 4.69) is 15.4 Å². The summed E-state index contributed by atoms with van der Waals surface area (Å²) >= 11 is 0. The number of amides is 1. The Morgan fingerprint density at radius 1 is 1.12 bits per heavy atom. The second kappa shape index (κ2) is 9.42. The minimum atomic E-state index is -0.328. The molecule has 164 valence electrons. The lowest BCUT2D eigenvalue weighted by molar-refractivity contribution is 0.0952. The third-order valence-electron chi connectivity index (χ3n) is 4.93. The molecule has 4 aromatic rings. The molecular formula is C23H22FN5O3. The topological polar surface area (TPSA) is 91.0 Å². The summed E-state index contributed by atoms with van der Waals surface area (Å²) < 4.78 is 21.5. The van der Waals surface area contributed by atoms with Crippen molar-refractivity contribution in [1.29, 1.82) is 0 Å². The van der Waals surface area contributed by atoms with Crippen LogP contribution in [-0.4, -0.2) is 38.4 Å². The number of carbonyl (C=O) groups excluding carboxylic acids is 1. The lowest BCUT2D eigenvalue weighted by Gasteiger charge is -2.08. The van der Waals surface area contributed by atoms with Gasteiger partial charge < -0.3 is 10.1 Å². The van der Waals surface area contributed by atoms with Gasteiger partial charge in [0.2, 0.25) is 0 Å². The second-order valence-corrected chi connectivity index (χ2v) is 7.12. The summed E-state index contributed by atoms with van der Waals surface area (Å²) in [4.78, 5) is 29.5. The van der Waals surface area contributed by atoms with E-state index < -0.39 is 0 Å². The van der Waals surface area contributed by atoms with Crippen LogP contribution >= 0.6 is 0 Å². The molecule has 9 heteroatoms. The molecular weight excluding hydrogens is 413 g/mol. The minimum Gasteiger partial charge on any atom is -0.494 e. The van der Waals surface area contributed by atoms with Crippen LogP contribution < -0.4 is 15.6 Å². The molecule has 0 aliphatic heterocycles. The second-order valence-electron chi connectivity index (χ2n) is 7.12. The van der Waals surface area contributed by atoms with Gasteiger partial charge in [-0.15, -0.1) is 0 Å². The zero-order valence-corrected chi connectivity index (χ0v) is 17.5. The molecule has 0 fully saturated rings. The van der Waals surface area contributed by atoms with Gasteiger partial charge in [-0.2, -0.15) is 5.10 Å². The first kappa shape index (κ1) is 21.2. The SMILES string of the molecule is CCOc1ccc(C(=O)NCCn2ncc3c(=O)n(Cc4ccc(F)cc4)cnc32)cc1. The zero-order valence-electron chi connectivity index (χ0n) is 17.5. The van der Waals surface area contributed by atoms with Gasteiger partial charge in [0.25, 0.3) is 11.5 Å². The summed E-state index contributed by atoms with van der Waals surface area (Å²) in [6, 6.07) is 12.9. The van der Waals surface area contributed by atoms with Crippen LogP contribution in [0.25, 0.3) is 11.0 Å². The Hall–Kier alpha value is -4.01. The van der Waals surface area contributed by atoms with Crippen molar-refractivity contribution in [3.8, 4) is 5.75 Å². The molecule has 0 radical (unpaired) electrons. The predicted molar refractivity (Wildman–Crippen MR) is 117 cm³/mol. The van der Waals surface area contributed by atoms with E-state index in [0.29, 0.717) is 42.0 Å². The molecule has 1 amide bonds. The van der Waals surface area contributed by atoms with Crippen molar-refractivity contribution in [3.63, 3.8) is 0 Å². The standard InChI is InChI=1S/C23H22FN5O3/c1-2-32-19-9-5-17(6-10-19)22(30)25-11-12-29-21-20(13-27-29)23(31)28(15-26-21)14-16-3-7-18(24)8-4-16/h3-10,13,15H,2,11-12,14H2,1H3,(H,25,30). The normalized spacial score (nSPS) is 10.9. The molecule has 0 unspecified atom stereocenters. The molecule has 32 heavy (non-hydrogen) atoms. The zero-order chi connectivity index (χ0) is 22.5. The number of fused-ring (bicyclic) bond motifs is 1. The van der Waals surface area contributed by atoms with Gasteiger partial charge in [-0.1, -0.05) is 12.1 Å². The third kappa shape index (κ3) is 4.66. The number of aromatic nitrogens is 4. The van der Waals surface area contributed by atoms with Crippen molar-refractivity contribution < 1.29 is 13.9 Å². The molecule has 8 nitrogen and oxygen atoms in total. The van der Waals surface area contributed by atoms with Crippen molar-refractivity contribution >= 4 is 16.9 Å². The van der Waals surface area contributed by atoms with Crippen LogP contribution in [0, 0.1) is 5.82 Å². The monoisotopic (exact) mass is 435 g/mol. The van der Waals surface area contributed by atoms with E-state index in [1.807, 2.05) is 6.92 Å². The van der Waals surface area contributed by atoms with E-state index in [1.54, 1.807) is 41.1 Å². The lowest BCUT2D eigenvalue weighted by atomic mass is 10.2. The van der Waals surface area contributed by atoms with E-state index in [9.17, 15) is 14.0 Å². The Kier molecular flexibility index (Phi) is 6.25. The fourth-order valence-electron chi connectivity index (χ4n) is 3.31. The Morgan fingerprint density at radius 3 is 2.59 bits per heavy atom. The number of ether oxygens (including phenoxy) is 1. The van der Waals surface area contributed by atoms with Gasteiger partial charge in [-0.3, -0.25) is 14.2 Å². The molecule has 0 bridgehead atoms. The first-order valence-electron chi connectivity index (χ1n) is 10.2. The number of carbonyl (C=O) groups is 1. The van der Waals surface area contributed by atoms with Crippen molar-refractivity contribution in [1.82, 2.24) is 24.6 Å². The Bertz CT molecular complexity index is 1280. The molecule has 2 aromatic heterocycles. The molecule has 0 saturated heterocycles. The Balaban J connectivity index is 1.40. The summed E-state index contributed by atoms with van der Waals surface area (Å²) in [6.07, 6.45) is 2.92. The average Bonchev–Trinajstić information content (AvgIpc) is 3.21. The minimum absolute atomic E-state index is 0.209. The molecule has 1 N–H and O–H groups in total. The van der Waals surface area contributed by atoms with Crippen LogP contribution in [-0.2, 0) is 13.1 Å². The number of hydrogen-bond donors (Lipinski definition) is 1. The number of nitrogens with zero attached hydrogens (tertiary/aromatic N) is 4. The van der Waals surface area contributed by atoms with Crippen LogP contribution in [0.5, 0.6) is 5.75 Å². The number of halogens is 1. The highest BCUT2D eigenvalue weighted by molar-refractivity contribution is 5.94. The highest BCUT2D eigenvalue weighted by Crippen LogP contribution is 2.12. The molecule has 2 heterocycles. The first-order chi connectivity index (χ1) is 15.5. The van der Waals surface area contributed by atoms with Gasteiger partial charge in [0.15, 0.2) is 5.65 Å². The van der Waals surface area contributed by atoms with Crippen molar-refractivity contribution in [2.45, 2.75) is 20.0 Å². The van der Waals surface area contributed by atoms with E-state index in [1.165, 1.54) is 29.2 Å². The van der Waals surface area contributed by atoms with E-state index in [-0.39, 0.29) is 23.8 Å². The first-order valence-corrected chi connectivity index (χ1v) is 10.2. The van der Waals surface area contributed by atoms with Crippen LogP contribution in [0.4, 0.5) is 4.39 Å². The molecule has 0 spiro atoms. The molecule has 0 saturated carbocycles. The maximum absolute atomic E-state index is 13.1. The summed E-state index contributed by atoms with van der Waals surface area (Å²) in [5, 5.41) is 7.46. The fraction of sp³-hybridized carbons (Fsp3) is 0.217. The maximum Gasteiger partial charge on any atom is 0.264 e. The van der Waals surface area contributed by atoms with Crippen LogP contribution in [0.3, 0.4) is 0 Å². The number of benzene rings is 2. The number of rotatable bonds is 8. The van der Waals surface area contributed by atoms with Gasteiger partial charge >= 0.3 is 0 Å². The molecule has 4 rings (SSSR count). The van der Waals surface area contributed by atoms with Crippen molar-refractivity contribution in [3.05, 3.63) is 88.4 Å². The van der Waals surface area contributed by atoms with Crippen molar-refractivity contribution in [2.24, 2.45) is 0 Å². The molecule has 0 aliphatic carbocycles. The number of nitrogens with one attached hydrogen (secondary N) is 1. The summed E-state index contributed by atoms with van der Waals surface area (Å²) in [7, 11) is 0. The van der Waals surface area contributed by atoms with E-state index in [4.69, 9.17) is 4.74 Å². The quantitative estimate of drug-likeness (QED) is 0.459. The Labute approximate surface area is 183 Å². The van der Waals surface area contributed by atoms with Gasteiger partial charge in [0, 0.05) is 12.1 Å². The maximum atomic E-state index is 13.1. The van der Waals surface area contributed by atoms with Crippen LogP contribution in [0.2, 0.25) is 0 Å². The van der Waals surface area contributed by atoms with Gasteiger partial charge in [0.1, 0.15) is 23.3 Å². The fourth-order valence-corrected chi connectivity index (χ4v) is 3.31. The van der Waals surface area contributed by atoms with Crippen LogP contribution in [0.15, 0.2) is 65.8 Å². The highest BCUT2D eigenvalue weighted by Gasteiger charge is 2.11. The largest absolute Gasteiger partial charge is 0.494 e. The van der Waals surface area contributed by atoms with Gasteiger partial charge in [0.05, 0.1) is 25.9 Å². The molecule has 0 atom stereocenters. The predicted octanol–water partition coefficient (Wildman–Crippen LogP) is 2.61. The molecule has 0 aliphatic rings. The summed E-state index contributed by atoms with van der Waals surface area (Å²) in [5.41, 5.74) is 1.53. The summed E-state index contributed by atoms with van der Waals surface area (Å²) in [6.45, 7) is 3.43. The highest BCUT2D eigenvalue weighted by atomic mass is 19.1. The Morgan fingerprint density at radius 2 is 1.88 bits per heavy atom. The smallest absolute Gasteiger partial charge is 0.264 e. The van der Waals surface area contributed by atoms with Crippen molar-refractivity contribution in [2.75, 3.05) is 13.2 Å². The van der Waals surface area contributed by atoms with Gasteiger partial charge in [-0.05, 0) is 48.9 Å². The average molecular weight is 435 g/mol. The van der Waals surface area contributed by atoms with E-state index in [0.717, 1.165) is 5.56 Å². The number of hydrogen-bond acceptors (Lipinski definition) is 5. The summed E-state index contributed by atoms with van der Waals surface area (Å²) in [5.74, 6) is 0.174. The van der Waals surface area contributed by atoms with E-state index >= 15 is 0 Å². The lowest BCUT2D eigenvalue weighted by Crippen LogP contribution is -2.27. The molecule has 2 aromatic carbocycles. The van der Waals surface area contributed by atoms with Crippen LogP contribution in [0.1, 0.15) is 22.8 Å². The third-order valence-corrected chi connectivity index (χ3v) is 4.93. The van der Waals surface area contributed by atoms with Gasteiger partial charge in [-0.25, -0.2) is 14.1 Å².